The molecule has 2 rings (SSSR count). The average molecular weight is 405 g/mol. The van der Waals surface area contributed by atoms with Gasteiger partial charge in [0.25, 0.3) is 11.6 Å². The highest BCUT2D eigenvalue weighted by molar-refractivity contribution is 6.00. The number of hydrogen-bond donors (Lipinski definition) is 3. The van der Waals surface area contributed by atoms with Crippen molar-refractivity contribution in [2.45, 2.75) is 6.54 Å². The van der Waals surface area contributed by atoms with Crippen molar-refractivity contribution in [1.82, 2.24) is 5.32 Å². The minimum absolute atomic E-state index is 0.0159. The molecule has 0 aromatic heterocycles. The maximum absolute atomic E-state index is 12.8. The topological polar surface area (TPSA) is 134 Å². The van der Waals surface area contributed by atoms with Crippen LogP contribution in [0.3, 0.4) is 0 Å². The van der Waals surface area contributed by atoms with Crippen molar-refractivity contribution >= 4 is 17.3 Å². The van der Waals surface area contributed by atoms with Crippen LogP contribution in [0.2, 0.25) is 0 Å². The number of carbonyl (C=O) groups excluding carboxylic acids is 1. The number of non-ortho nitro benzene ring substituents is 1. The minimum atomic E-state index is -0.607. The van der Waals surface area contributed by atoms with Gasteiger partial charge in [0.1, 0.15) is 6.73 Å². The van der Waals surface area contributed by atoms with E-state index in [0.29, 0.717) is 11.5 Å². The van der Waals surface area contributed by atoms with Crippen LogP contribution in [0.15, 0.2) is 36.4 Å². The molecule has 29 heavy (non-hydrogen) atoms. The van der Waals surface area contributed by atoms with Crippen LogP contribution in [0.4, 0.5) is 11.4 Å². The molecule has 0 spiro atoms. The first-order valence-electron chi connectivity index (χ1n) is 8.69. The molecule has 0 aliphatic carbocycles. The molecule has 0 unspecified atom stereocenters. The van der Waals surface area contributed by atoms with Gasteiger partial charge in [-0.25, -0.2) is 0 Å². The fraction of sp³-hybridized carbons (Fsp3) is 0.316. The van der Waals surface area contributed by atoms with Crippen LogP contribution >= 0.6 is 0 Å². The van der Waals surface area contributed by atoms with E-state index in [0.717, 1.165) is 11.6 Å². The molecule has 0 saturated heterocycles. The Kier molecular flexibility index (Phi) is 7.75. The molecule has 0 saturated carbocycles. The first-order chi connectivity index (χ1) is 13.9. The fourth-order valence-corrected chi connectivity index (χ4v) is 2.75. The second kappa shape index (κ2) is 10.2. The summed E-state index contributed by atoms with van der Waals surface area (Å²) in [5, 5.41) is 32.5. The summed E-state index contributed by atoms with van der Waals surface area (Å²) in [6.07, 6.45) is 0. The van der Waals surface area contributed by atoms with Crippen molar-refractivity contribution < 1.29 is 29.4 Å². The first kappa shape index (κ1) is 21.9. The Morgan fingerprint density at radius 2 is 1.86 bits per heavy atom. The molecule has 156 valence electrons. The van der Waals surface area contributed by atoms with Crippen molar-refractivity contribution in [2.24, 2.45) is 0 Å². The Labute approximate surface area is 167 Å². The molecule has 2 aromatic rings. The van der Waals surface area contributed by atoms with Crippen LogP contribution in [-0.4, -0.2) is 55.1 Å². The zero-order valence-corrected chi connectivity index (χ0v) is 16.1. The molecule has 10 nitrogen and oxygen atoms in total. The summed E-state index contributed by atoms with van der Waals surface area (Å²) in [4.78, 5) is 24.6. The molecule has 0 aliphatic rings. The van der Waals surface area contributed by atoms with E-state index in [9.17, 15) is 20.0 Å². The zero-order valence-electron chi connectivity index (χ0n) is 16.1. The Morgan fingerprint density at radius 3 is 2.45 bits per heavy atom. The molecule has 3 N–H and O–H groups in total. The molecule has 2 aromatic carbocycles. The van der Waals surface area contributed by atoms with Gasteiger partial charge in [-0.3, -0.25) is 14.9 Å². The predicted octanol–water partition coefficient (Wildman–Crippen LogP) is 1.29. The van der Waals surface area contributed by atoms with Gasteiger partial charge < -0.3 is 29.9 Å². The average Bonchev–Trinajstić information content (AvgIpc) is 2.75. The first-order valence-corrected chi connectivity index (χ1v) is 8.69. The van der Waals surface area contributed by atoms with Crippen molar-refractivity contribution in [3.63, 3.8) is 0 Å². The molecule has 0 radical (unpaired) electrons. The SMILES string of the molecule is COc1ccc(CNC(=O)c2cc([N+](=O)[O-])ccc2N(CO)CCO)cc1OC. The number of benzene rings is 2. The van der Waals surface area contributed by atoms with E-state index in [1.54, 1.807) is 18.2 Å². The largest absolute Gasteiger partial charge is 0.493 e. The van der Waals surface area contributed by atoms with E-state index in [4.69, 9.17) is 14.6 Å². The monoisotopic (exact) mass is 405 g/mol. The Morgan fingerprint density at radius 1 is 1.14 bits per heavy atom. The fourth-order valence-electron chi connectivity index (χ4n) is 2.75. The number of nitro groups is 1. The molecular weight excluding hydrogens is 382 g/mol. The van der Waals surface area contributed by atoms with E-state index in [-0.39, 0.29) is 36.6 Å². The predicted molar refractivity (Wildman–Crippen MR) is 105 cm³/mol. The van der Waals surface area contributed by atoms with E-state index in [2.05, 4.69) is 5.32 Å². The number of anilines is 1. The van der Waals surface area contributed by atoms with Gasteiger partial charge in [0.05, 0.1) is 37.0 Å². The summed E-state index contributed by atoms with van der Waals surface area (Å²) in [7, 11) is 3.02. The van der Waals surface area contributed by atoms with Gasteiger partial charge in [-0.15, -0.1) is 0 Å². The Bertz CT molecular complexity index is 873. The van der Waals surface area contributed by atoms with Crippen LogP contribution in [0.1, 0.15) is 15.9 Å². The van der Waals surface area contributed by atoms with Crippen LogP contribution in [0.25, 0.3) is 0 Å². The number of nitrogens with zero attached hydrogens (tertiary/aromatic N) is 2. The second-order valence-electron chi connectivity index (χ2n) is 5.96. The van der Waals surface area contributed by atoms with Crippen LogP contribution < -0.4 is 19.7 Å². The number of hydrogen-bond acceptors (Lipinski definition) is 8. The number of amides is 1. The van der Waals surface area contributed by atoms with Gasteiger partial charge in [-0.05, 0) is 23.8 Å². The standard InChI is InChI=1S/C19H23N3O7/c1-28-17-6-3-13(9-18(17)29-2)11-20-19(25)15-10-14(22(26)27)4-5-16(15)21(12-24)7-8-23/h3-6,9-10,23-24H,7-8,11-12H2,1-2H3,(H,20,25). The van der Waals surface area contributed by atoms with E-state index < -0.39 is 17.6 Å². The van der Waals surface area contributed by atoms with Crippen LogP contribution in [0.5, 0.6) is 11.5 Å². The summed E-state index contributed by atoms with van der Waals surface area (Å²) >= 11 is 0. The third-order valence-electron chi connectivity index (χ3n) is 4.22. The van der Waals surface area contributed by atoms with Crippen LogP contribution in [0, 0.1) is 10.1 Å². The minimum Gasteiger partial charge on any atom is -0.493 e. The highest BCUT2D eigenvalue weighted by Gasteiger charge is 2.20. The van der Waals surface area contributed by atoms with E-state index >= 15 is 0 Å². The quantitative estimate of drug-likeness (QED) is 0.306. The number of aliphatic hydroxyl groups excluding tert-OH is 2. The number of nitrogens with one attached hydrogen (secondary N) is 1. The molecule has 0 fully saturated rings. The second-order valence-corrected chi connectivity index (χ2v) is 5.96. The van der Waals surface area contributed by atoms with Crippen molar-refractivity contribution in [2.75, 3.05) is 39.0 Å². The highest BCUT2D eigenvalue weighted by atomic mass is 16.6. The summed E-state index contributed by atoms with van der Waals surface area (Å²) in [6, 6.07) is 8.91. The molecule has 10 heteroatoms. The van der Waals surface area contributed by atoms with E-state index in [1.807, 2.05) is 0 Å². The van der Waals surface area contributed by atoms with Crippen molar-refractivity contribution in [1.29, 1.82) is 0 Å². The smallest absolute Gasteiger partial charge is 0.270 e. The summed E-state index contributed by atoms with van der Waals surface area (Å²) < 4.78 is 10.4. The van der Waals surface area contributed by atoms with Crippen LogP contribution in [-0.2, 0) is 6.54 Å². The lowest BCUT2D eigenvalue weighted by Crippen LogP contribution is -2.31. The molecule has 0 aliphatic heterocycles. The van der Waals surface area contributed by atoms with Gasteiger partial charge in [0, 0.05) is 25.2 Å². The van der Waals surface area contributed by atoms with Crippen molar-refractivity contribution in [3.8, 4) is 11.5 Å². The molecule has 0 heterocycles. The van der Waals surface area contributed by atoms with Gasteiger partial charge in [0.2, 0.25) is 0 Å². The number of ether oxygens (including phenoxy) is 2. The van der Waals surface area contributed by atoms with E-state index in [1.165, 1.54) is 31.3 Å². The molecular formula is C19H23N3O7. The molecule has 0 atom stereocenters. The lowest BCUT2D eigenvalue weighted by atomic mass is 10.1. The third kappa shape index (κ3) is 5.33. The number of aliphatic hydroxyl groups is 2. The third-order valence-corrected chi connectivity index (χ3v) is 4.22. The summed E-state index contributed by atoms with van der Waals surface area (Å²) in [6.45, 7) is -0.525. The highest BCUT2D eigenvalue weighted by Crippen LogP contribution is 2.28. The van der Waals surface area contributed by atoms with Gasteiger partial charge in [-0.1, -0.05) is 6.07 Å². The normalized spacial score (nSPS) is 10.3. The number of nitro benzene ring substituents is 1. The summed E-state index contributed by atoms with van der Waals surface area (Å²) in [5.74, 6) is 0.491. The molecule has 1 amide bonds. The van der Waals surface area contributed by atoms with Gasteiger partial charge in [-0.2, -0.15) is 0 Å². The maximum Gasteiger partial charge on any atom is 0.270 e. The number of methoxy groups -OCH3 is 2. The summed E-state index contributed by atoms with van der Waals surface area (Å²) in [5.41, 5.74) is 0.767. The number of rotatable bonds is 10. The lowest BCUT2D eigenvalue weighted by Gasteiger charge is -2.23. The number of carbonyl (C=O) groups is 1. The lowest BCUT2D eigenvalue weighted by molar-refractivity contribution is -0.384. The van der Waals surface area contributed by atoms with Gasteiger partial charge in [0.15, 0.2) is 11.5 Å². The van der Waals surface area contributed by atoms with Crippen molar-refractivity contribution in [3.05, 3.63) is 57.6 Å². The maximum atomic E-state index is 12.8. The molecule has 0 bridgehead atoms. The van der Waals surface area contributed by atoms with Gasteiger partial charge >= 0.3 is 0 Å². The Balaban J connectivity index is 2.28. The Hall–Kier alpha value is -3.37. The zero-order chi connectivity index (χ0) is 21.4.